The Balaban J connectivity index is 0. The molecule has 0 aromatic heterocycles. The molecule has 33 heavy (non-hydrogen) atoms. The summed E-state index contributed by atoms with van der Waals surface area (Å²) in [7, 11) is 0. The Morgan fingerprint density at radius 3 is 1.30 bits per heavy atom. The van der Waals surface area contributed by atoms with E-state index in [4.69, 9.17) is 30.6 Å². The molecular weight excluding hydrogens is 428 g/mol. The molecule has 0 heterocycles. The van der Waals surface area contributed by atoms with Gasteiger partial charge in [0.2, 0.25) is 0 Å². The van der Waals surface area contributed by atoms with E-state index in [2.05, 4.69) is 0 Å². The Morgan fingerprint density at radius 1 is 0.758 bits per heavy atom. The minimum absolute atomic E-state index is 0.0278. The lowest BCUT2D eigenvalue weighted by molar-refractivity contribution is 0.0686. The number of rotatable bonds is 8. The van der Waals surface area contributed by atoms with Gasteiger partial charge in [0.05, 0.1) is 23.3 Å². The fraction of sp³-hybridized carbons (Fsp3) is 0.440. The summed E-state index contributed by atoms with van der Waals surface area (Å²) in [5, 5.41) is 51.1. The topological polar surface area (TPSA) is 156 Å². The summed E-state index contributed by atoms with van der Waals surface area (Å²) >= 11 is 0. The van der Waals surface area contributed by atoms with Gasteiger partial charge in [-0.2, -0.15) is 0 Å². The van der Waals surface area contributed by atoms with Crippen molar-refractivity contribution in [2.45, 2.75) is 52.2 Å². The van der Waals surface area contributed by atoms with E-state index >= 15 is 0 Å². The number of hydrogen-bond acceptors (Lipinski definition) is 6. The highest BCUT2D eigenvalue weighted by Gasteiger charge is 2.08. The van der Waals surface area contributed by atoms with Crippen molar-refractivity contribution in [3.8, 4) is 0 Å². The van der Waals surface area contributed by atoms with Crippen LogP contribution in [0, 0.1) is 5.92 Å². The van der Waals surface area contributed by atoms with Gasteiger partial charge >= 0.3 is 11.9 Å². The number of aliphatic hydroxyl groups is 4. The number of benzene rings is 2. The maximum absolute atomic E-state index is 10.2. The first kappa shape index (κ1) is 32.4. The van der Waals surface area contributed by atoms with Crippen molar-refractivity contribution in [3.63, 3.8) is 0 Å². The Kier molecular flexibility index (Phi) is 20.7. The van der Waals surface area contributed by atoms with Crippen LogP contribution in [0.2, 0.25) is 0 Å². The van der Waals surface area contributed by atoms with E-state index in [1.807, 2.05) is 20.8 Å². The van der Waals surface area contributed by atoms with E-state index in [0.29, 0.717) is 17.5 Å². The summed E-state index contributed by atoms with van der Waals surface area (Å²) in [5.41, 5.74) is 0.662. The van der Waals surface area contributed by atoms with Crippen molar-refractivity contribution in [3.05, 3.63) is 71.8 Å². The minimum atomic E-state index is -0.879. The van der Waals surface area contributed by atoms with Crippen LogP contribution in [0.25, 0.3) is 0 Å². The smallest absolute Gasteiger partial charge is 0.335 e. The highest BCUT2D eigenvalue weighted by atomic mass is 16.4. The Morgan fingerprint density at radius 2 is 1.15 bits per heavy atom. The first-order chi connectivity index (χ1) is 15.6. The molecule has 0 bridgehead atoms. The Labute approximate surface area is 195 Å². The fourth-order valence-electron chi connectivity index (χ4n) is 2.04. The maximum Gasteiger partial charge on any atom is 0.335 e. The van der Waals surface area contributed by atoms with Crippen LogP contribution >= 0.6 is 0 Å². The van der Waals surface area contributed by atoms with E-state index in [-0.39, 0.29) is 31.3 Å². The molecule has 0 aliphatic heterocycles. The molecule has 0 fully saturated rings. The predicted octanol–water partition coefficient (Wildman–Crippen LogP) is 3.30. The lowest BCUT2D eigenvalue weighted by Gasteiger charge is -2.12. The van der Waals surface area contributed by atoms with Gasteiger partial charge in [-0.25, -0.2) is 9.59 Å². The van der Waals surface area contributed by atoms with Gasteiger partial charge in [-0.3, -0.25) is 0 Å². The van der Waals surface area contributed by atoms with E-state index in [9.17, 15) is 9.59 Å². The molecule has 0 aliphatic carbocycles. The second-order valence-corrected chi connectivity index (χ2v) is 7.05. The van der Waals surface area contributed by atoms with Gasteiger partial charge in [-0.1, -0.05) is 57.2 Å². The van der Waals surface area contributed by atoms with Gasteiger partial charge in [0, 0.05) is 19.1 Å². The zero-order valence-electron chi connectivity index (χ0n) is 19.5. The predicted molar refractivity (Wildman–Crippen MR) is 127 cm³/mol. The molecule has 3 atom stereocenters. The summed E-state index contributed by atoms with van der Waals surface area (Å²) in [4.78, 5) is 20.4. The molecule has 0 spiro atoms. The molecule has 186 valence electrons. The van der Waals surface area contributed by atoms with E-state index < -0.39 is 11.9 Å². The van der Waals surface area contributed by atoms with Crippen LogP contribution in [0.4, 0.5) is 0 Å². The molecule has 3 unspecified atom stereocenters. The van der Waals surface area contributed by atoms with Gasteiger partial charge in [-0.05, 0) is 43.5 Å². The van der Waals surface area contributed by atoms with Gasteiger partial charge in [0.15, 0.2) is 0 Å². The number of carboxylic acid groups (broad SMARTS) is 2. The average molecular weight is 467 g/mol. The normalized spacial score (nSPS) is 12.2. The maximum atomic E-state index is 10.2. The van der Waals surface area contributed by atoms with Crippen LogP contribution in [0.5, 0.6) is 0 Å². The molecule has 0 aliphatic rings. The molecule has 0 amide bonds. The standard InChI is InChI=1S/2C7H6O2.C6H14O2.C5H12O2/c2*8-7(9)6-4-2-1-3-5-6;1-3-6(8)5(2)4-7;1-2-5(7)3-4-6/h2*1-5H,(H,8,9);5-8H,3-4H2,1-2H3;5-7H,2-4H2,1H3. The first-order valence-electron chi connectivity index (χ1n) is 10.8. The summed E-state index contributed by atoms with van der Waals surface area (Å²) in [6, 6.07) is 16.6. The zero-order chi connectivity index (χ0) is 25.6. The molecule has 2 rings (SSSR count). The summed E-state index contributed by atoms with van der Waals surface area (Å²) in [6.45, 7) is 5.79. The molecule has 2 aromatic rings. The number of carbonyl (C=O) groups is 2. The summed E-state index contributed by atoms with van der Waals surface area (Å²) in [6.07, 6.45) is 1.34. The third-order valence-electron chi connectivity index (χ3n) is 4.34. The van der Waals surface area contributed by atoms with Crippen molar-refractivity contribution in [2.75, 3.05) is 13.2 Å². The van der Waals surface area contributed by atoms with Crippen LogP contribution in [-0.4, -0.2) is 68.0 Å². The number of aliphatic hydroxyl groups excluding tert-OH is 4. The van der Waals surface area contributed by atoms with Crippen molar-refractivity contribution in [2.24, 2.45) is 5.92 Å². The van der Waals surface area contributed by atoms with E-state index in [1.54, 1.807) is 60.7 Å². The molecule has 8 nitrogen and oxygen atoms in total. The largest absolute Gasteiger partial charge is 0.478 e. The quantitative estimate of drug-likeness (QED) is 0.346. The van der Waals surface area contributed by atoms with Gasteiger partial charge < -0.3 is 30.6 Å². The Hall–Kier alpha value is -2.78. The van der Waals surface area contributed by atoms with Crippen LogP contribution in [0.3, 0.4) is 0 Å². The molecule has 2 aromatic carbocycles. The van der Waals surface area contributed by atoms with Crippen LogP contribution in [0.15, 0.2) is 60.7 Å². The van der Waals surface area contributed by atoms with E-state index in [0.717, 1.165) is 12.8 Å². The van der Waals surface area contributed by atoms with Crippen molar-refractivity contribution >= 4 is 11.9 Å². The zero-order valence-corrected chi connectivity index (χ0v) is 19.5. The average Bonchev–Trinajstić information content (AvgIpc) is 2.85. The SMILES string of the molecule is CCC(O)C(C)CO.CCC(O)CCO.O=C(O)c1ccccc1.O=C(O)c1ccccc1. The van der Waals surface area contributed by atoms with E-state index in [1.165, 1.54) is 0 Å². The number of hydrogen-bond donors (Lipinski definition) is 6. The molecule has 6 N–H and O–H groups in total. The molecule has 0 radical (unpaired) electrons. The fourth-order valence-corrected chi connectivity index (χ4v) is 2.04. The molecule has 0 saturated carbocycles. The van der Waals surface area contributed by atoms with Crippen molar-refractivity contribution in [1.29, 1.82) is 0 Å². The third kappa shape index (κ3) is 18.5. The summed E-state index contributed by atoms with van der Waals surface area (Å²) in [5.74, 6) is -1.73. The second-order valence-electron chi connectivity index (χ2n) is 7.05. The monoisotopic (exact) mass is 466 g/mol. The Bertz CT molecular complexity index is 664. The van der Waals surface area contributed by atoms with Crippen LogP contribution in [-0.2, 0) is 0 Å². The third-order valence-corrected chi connectivity index (χ3v) is 4.34. The lowest BCUT2D eigenvalue weighted by atomic mass is 10.0. The highest BCUT2D eigenvalue weighted by molar-refractivity contribution is 5.87. The number of aromatic carboxylic acids is 2. The first-order valence-corrected chi connectivity index (χ1v) is 10.8. The van der Waals surface area contributed by atoms with Gasteiger partial charge in [0.1, 0.15) is 0 Å². The lowest BCUT2D eigenvalue weighted by Crippen LogP contribution is -2.19. The summed E-state index contributed by atoms with van der Waals surface area (Å²) < 4.78 is 0. The van der Waals surface area contributed by atoms with Crippen molar-refractivity contribution < 1.29 is 40.2 Å². The van der Waals surface area contributed by atoms with Crippen molar-refractivity contribution in [1.82, 2.24) is 0 Å². The van der Waals surface area contributed by atoms with Gasteiger partial charge in [-0.15, -0.1) is 0 Å². The minimum Gasteiger partial charge on any atom is -0.478 e. The molecular formula is C25H38O8. The number of carboxylic acids is 2. The van der Waals surface area contributed by atoms with Crippen LogP contribution < -0.4 is 0 Å². The molecule has 8 heteroatoms. The highest BCUT2D eigenvalue weighted by Crippen LogP contribution is 2.03. The molecule has 0 saturated heterocycles. The second kappa shape index (κ2) is 21.1. The van der Waals surface area contributed by atoms with Gasteiger partial charge in [0.25, 0.3) is 0 Å². The van der Waals surface area contributed by atoms with Crippen LogP contribution in [0.1, 0.15) is 60.7 Å².